The van der Waals surface area contributed by atoms with Gasteiger partial charge < -0.3 is 5.73 Å². The van der Waals surface area contributed by atoms with E-state index in [0.717, 1.165) is 12.0 Å². The van der Waals surface area contributed by atoms with Crippen LogP contribution >= 0.6 is 0 Å². The van der Waals surface area contributed by atoms with Crippen molar-refractivity contribution in [1.29, 1.82) is 0 Å². The molecule has 1 aromatic carbocycles. The summed E-state index contributed by atoms with van der Waals surface area (Å²) < 4.78 is 0. The minimum atomic E-state index is 0.0955. The predicted molar refractivity (Wildman–Crippen MR) is 57.5 cm³/mol. The lowest BCUT2D eigenvalue weighted by molar-refractivity contribution is 0.717. The molecule has 0 saturated carbocycles. The van der Waals surface area contributed by atoms with E-state index in [9.17, 15) is 0 Å². The van der Waals surface area contributed by atoms with E-state index in [1.165, 1.54) is 11.1 Å². The van der Waals surface area contributed by atoms with Gasteiger partial charge in [-0.3, -0.25) is 0 Å². The molecule has 1 nitrogen and oxygen atoms in total. The third-order valence-electron chi connectivity index (χ3n) is 2.07. The molecule has 0 bridgehead atoms. The molecule has 70 valence electrons. The van der Waals surface area contributed by atoms with Crippen LogP contribution in [0.25, 0.3) is 0 Å². The second-order valence-corrected chi connectivity index (χ2v) is 3.68. The van der Waals surface area contributed by atoms with Crippen LogP contribution in [0.1, 0.15) is 30.5 Å². The highest BCUT2D eigenvalue weighted by Gasteiger charge is 2.04. The molecule has 0 aliphatic rings. The molecule has 1 atom stereocenters. The molecule has 1 aromatic rings. The quantitative estimate of drug-likeness (QED) is 0.702. The van der Waals surface area contributed by atoms with Crippen molar-refractivity contribution in [1.82, 2.24) is 0 Å². The van der Waals surface area contributed by atoms with Gasteiger partial charge in [0.2, 0.25) is 0 Å². The van der Waals surface area contributed by atoms with Crippen LogP contribution in [0.5, 0.6) is 0 Å². The van der Waals surface area contributed by atoms with Crippen molar-refractivity contribution in [3.63, 3.8) is 0 Å². The summed E-state index contributed by atoms with van der Waals surface area (Å²) in [5, 5.41) is 0. The van der Waals surface area contributed by atoms with Crippen molar-refractivity contribution < 1.29 is 0 Å². The maximum atomic E-state index is 5.99. The van der Waals surface area contributed by atoms with Gasteiger partial charge in [-0.2, -0.15) is 0 Å². The summed E-state index contributed by atoms with van der Waals surface area (Å²) in [6.07, 6.45) is 0.864. The van der Waals surface area contributed by atoms with Gasteiger partial charge in [0.15, 0.2) is 0 Å². The van der Waals surface area contributed by atoms with Crippen LogP contribution in [0.2, 0.25) is 0 Å². The van der Waals surface area contributed by atoms with Crippen LogP contribution in [-0.4, -0.2) is 0 Å². The van der Waals surface area contributed by atoms with Gasteiger partial charge >= 0.3 is 0 Å². The molecule has 0 amide bonds. The molecule has 13 heavy (non-hydrogen) atoms. The Morgan fingerprint density at radius 3 is 2.38 bits per heavy atom. The number of benzene rings is 1. The average molecular weight is 175 g/mol. The molecule has 1 rings (SSSR count). The molecule has 1 heteroatoms. The van der Waals surface area contributed by atoms with Crippen LogP contribution in [0.4, 0.5) is 0 Å². The largest absolute Gasteiger partial charge is 0.324 e. The lowest BCUT2D eigenvalue weighted by Gasteiger charge is -2.11. The molecular formula is C12H17N. The fourth-order valence-corrected chi connectivity index (χ4v) is 1.31. The highest BCUT2D eigenvalue weighted by molar-refractivity contribution is 5.24. The van der Waals surface area contributed by atoms with Crippen molar-refractivity contribution in [3.05, 3.63) is 47.5 Å². The highest BCUT2D eigenvalue weighted by atomic mass is 14.6. The zero-order valence-corrected chi connectivity index (χ0v) is 8.38. The van der Waals surface area contributed by atoms with E-state index in [-0.39, 0.29) is 6.04 Å². The lowest BCUT2D eigenvalue weighted by Crippen LogP contribution is -2.10. The SMILES string of the molecule is C=C(C)CC(N)c1ccc(C)cc1. The van der Waals surface area contributed by atoms with Crippen LogP contribution in [0.3, 0.4) is 0 Å². The second-order valence-electron chi connectivity index (χ2n) is 3.68. The molecule has 0 saturated heterocycles. The topological polar surface area (TPSA) is 26.0 Å². The van der Waals surface area contributed by atoms with E-state index in [0.29, 0.717) is 0 Å². The van der Waals surface area contributed by atoms with E-state index in [1.54, 1.807) is 0 Å². The molecule has 0 fully saturated rings. The third kappa shape index (κ3) is 3.03. The first kappa shape index (κ1) is 10.0. The molecular weight excluding hydrogens is 158 g/mol. The zero-order chi connectivity index (χ0) is 9.84. The lowest BCUT2D eigenvalue weighted by atomic mass is 10.0. The summed E-state index contributed by atoms with van der Waals surface area (Å²) >= 11 is 0. The molecule has 0 spiro atoms. The maximum Gasteiger partial charge on any atom is 0.0332 e. The monoisotopic (exact) mass is 175 g/mol. The predicted octanol–water partition coefficient (Wildman–Crippen LogP) is 2.96. The van der Waals surface area contributed by atoms with Crippen molar-refractivity contribution in [2.45, 2.75) is 26.3 Å². The normalized spacial score (nSPS) is 12.5. The van der Waals surface area contributed by atoms with Crippen molar-refractivity contribution in [2.75, 3.05) is 0 Å². The Hall–Kier alpha value is -1.08. The number of aryl methyl sites for hydroxylation is 1. The van der Waals surface area contributed by atoms with Crippen LogP contribution in [0.15, 0.2) is 36.4 Å². The Bertz CT molecular complexity index is 284. The molecule has 2 N–H and O–H groups in total. The number of nitrogens with two attached hydrogens (primary N) is 1. The van der Waals surface area contributed by atoms with Gasteiger partial charge in [0.05, 0.1) is 0 Å². The van der Waals surface area contributed by atoms with Gasteiger partial charge in [0, 0.05) is 6.04 Å². The molecule has 1 unspecified atom stereocenters. The molecule has 0 aromatic heterocycles. The first-order valence-corrected chi connectivity index (χ1v) is 4.56. The van der Waals surface area contributed by atoms with Gasteiger partial charge in [-0.05, 0) is 25.8 Å². The smallest absolute Gasteiger partial charge is 0.0332 e. The summed E-state index contributed by atoms with van der Waals surface area (Å²) in [7, 11) is 0. The van der Waals surface area contributed by atoms with Gasteiger partial charge in [0.25, 0.3) is 0 Å². The van der Waals surface area contributed by atoms with E-state index >= 15 is 0 Å². The number of hydrogen-bond donors (Lipinski definition) is 1. The van der Waals surface area contributed by atoms with E-state index in [2.05, 4.69) is 37.8 Å². The molecule has 0 radical (unpaired) electrons. The van der Waals surface area contributed by atoms with Crippen LogP contribution in [-0.2, 0) is 0 Å². The van der Waals surface area contributed by atoms with Crippen molar-refractivity contribution in [2.24, 2.45) is 5.73 Å². The highest BCUT2D eigenvalue weighted by Crippen LogP contribution is 2.17. The first-order valence-electron chi connectivity index (χ1n) is 4.56. The van der Waals surface area contributed by atoms with Gasteiger partial charge in [-0.15, -0.1) is 6.58 Å². The Morgan fingerprint density at radius 2 is 1.92 bits per heavy atom. The van der Waals surface area contributed by atoms with E-state index < -0.39 is 0 Å². The summed E-state index contributed by atoms with van der Waals surface area (Å²) in [6.45, 7) is 7.94. The fraction of sp³-hybridized carbons (Fsp3) is 0.333. The first-order chi connectivity index (χ1) is 6.09. The second kappa shape index (κ2) is 4.24. The van der Waals surface area contributed by atoms with Crippen molar-refractivity contribution >= 4 is 0 Å². The van der Waals surface area contributed by atoms with Gasteiger partial charge in [-0.25, -0.2) is 0 Å². The Balaban J connectivity index is 2.71. The summed E-state index contributed by atoms with van der Waals surface area (Å²) in [6, 6.07) is 8.45. The summed E-state index contributed by atoms with van der Waals surface area (Å²) in [4.78, 5) is 0. The average Bonchev–Trinajstić information content (AvgIpc) is 2.04. The van der Waals surface area contributed by atoms with Gasteiger partial charge in [-0.1, -0.05) is 35.4 Å². The van der Waals surface area contributed by atoms with Gasteiger partial charge in [0.1, 0.15) is 0 Å². The van der Waals surface area contributed by atoms with Crippen molar-refractivity contribution in [3.8, 4) is 0 Å². The zero-order valence-electron chi connectivity index (χ0n) is 8.38. The molecule has 0 aliphatic heterocycles. The van der Waals surface area contributed by atoms with E-state index in [1.807, 2.05) is 6.92 Å². The standard InChI is InChI=1S/C12H17N/c1-9(2)8-12(13)11-6-4-10(3)5-7-11/h4-7,12H,1,8,13H2,2-3H3. The van der Waals surface area contributed by atoms with Crippen LogP contribution < -0.4 is 5.73 Å². The maximum absolute atomic E-state index is 5.99. The summed E-state index contributed by atoms with van der Waals surface area (Å²) in [5.41, 5.74) is 9.58. The minimum Gasteiger partial charge on any atom is -0.324 e. The number of hydrogen-bond acceptors (Lipinski definition) is 1. The minimum absolute atomic E-state index is 0.0955. The fourth-order valence-electron chi connectivity index (χ4n) is 1.31. The molecule has 0 aliphatic carbocycles. The Morgan fingerprint density at radius 1 is 1.38 bits per heavy atom. The van der Waals surface area contributed by atoms with Crippen LogP contribution in [0, 0.1) is 6.92 Å². The Labute approximate surface area is 80.3 Å². The third-order valence-corrected chi connectivity index (χ3v) is 2.07. The Kier molecular flexibility index (Phi) is 3.26. The number of rotatable bonds is 3. The van der Waals surface area contributed by atoms with E-state index in [4.69, 9.17) is 5.73 Å². The molecule has 0 heterocycles. The summed E-state index contributed by atoms with van der Waals surface area (Å²) in [5.74, 6) is 0.